The van der Waals surface area contributed by atoms with E-state index in [1.54, 1.807) is 31.0 Å². The Hall–Kier alpha value is -4.02. The molecule has 10 nitrogen and oxygen atoms in total. The average molecular weight is 484 g/mol. The Morgan fingerprint density at radius 3 is 2.57 bits per heavy atom. The Morgan fingerprint density at radius 1 is 1.17 bits per heavy atom. The van der Waals surface area contributed by atoms with Crippen molar-refractivity contribution >= 4 is 11.8 Å². The van der Waals surface area contributed by atoms with Gasteiger partial charge >= 0.3 is 0 Å². The molecule has 0 atom stereocenters. The minimum Gasteiger partial charge on any atom is -0.496 e. The fourth-order valence-electron chi connectivity index (χ4n) is 4.16. The highest BCUT2D eigenvalue weighted by molar-refractivity contribution is 5.98. The molecule has 0 saturated heterocycles. The van der Waals surface area contributed by atoms with Gasteiger partial charge in [-0.2, -0.15) is 0 Å². The lowest BCUT2D eigenvalue weighted by Crippen LogP contribution is -2.35. The predicted molar refractivity (Wildman–Crippen MR) is 122 cm³/mol. The molecule has 0 spiro atoms. The molecule has 2 aromatic heterocycles. The molecule has 35 heavy (non-hydrogen) atoms. The SMILES string of the molecule is COc1cc(=O)n2c(c1C(=O)N(C)Cc1nonc1C)CCN(C(=O)Cc1ccc(F)cc1)CC2. The summed E-state index contributed by atoms with van der Waals surface area (Å²) in [6.45, 7) is 2.77. The van der Waals surface area contributed by atoms with Crippen LogP contribution >= 0.6 is 0 Å². The second-order valence-corrected chi connectivity index (χ2v) is 8.42. The number of pyridine rings is 1. The first-order valence-electron chi connectivity index (χ1n) is 11.1. The monoisotopic (exact) mass is 483 g/mol. The van der Waals surface area contributed by atoms with E-state index < -0.39 is 0 Å². The van der Waals surface area contributed by atoms with Crippen molar-refractivity contribution in [3.63, 3.8) is 0 Å². The van der Waals surface area contributed by atoms with Crippen LogP contribution in [0.1, 0.15) is 33.0 Å². The van der Waals surface area contributed by atoms with E-state index in [4.69, 9.17) is 9.37 Å². The molecule has 184 valence electrons. The molecular formula is C24H26FN5O5. The summed E-state index contributed by atoms with van der Waals surface area (Å²) in [4.78, 5) is 42.3. The zero-order valence-electron chi connectivity index (χ0n) is 19.8. The van der Waals surface area contributed by atoms with Crippen LogP contribution in [0.25, 0.3) is 0 Å². The summed E-state index contributed by atoms with van der Waals surface area (Å²) in [5, 5.41) is 7.57. The van der Waals surface area contributed by atoms with E-state index in [1.165, 1.54) is 34.8 Å². The van der Waals surface area contributed by atoms with Gasteiger partial charge in [-0.1, -0.05) is 22.4 Å². The van der Waals surface area contributed by atoms with Gasteiger partial charge in [-0.3, -0.25) is 14.4 Å². The van der Waals surface area contributed by atoms with Crippen molar-refractivity contribution in [3.05, 3.63) is 74.7 Å². The summed E-state index contributed by atoms with van der Waals surface area (Å²) in [6.07, 6.45) is 0.412. The Morgan fingerprint density at radius 2 is 1.91 bits per heavy atom. The van der Waals surface area contributed by atoms with Crippen LogP contribution < -0.4 is 10.3 Å². The number of aromatic nitrogens is 3. The lowest BCUT2D eigenvalue weighted by molar-refractivity contribution is -0.130. The largest absolute Gasteiger partial charge is 0.496 e. The van der Waals surface area contributed by atoms with Gasteiger partial charge in [0.25, 0.3) is 11.5 Å². The zero-order valence-corrected chi connectivity index (χ0v) is 19.8. The molecule has 1 aliphatic heterocycles. The number of nitrogens with zero attached hydrogens (tertiary/aromatic N) is 5. The van der Waals surface area contributed by atoms with Gasteiger partial charge in [-0.15, -0.1) is 0 Å². The van der Waals surface area contributed by atoms with E-state index in [0.29, 0.717) is 42.2 Å². The van der Waals surface area contributed by atoms with Crippen LogP contribution in [0.4, 0.5) is 4.39 Å². The molecular weight excluding hydrogens is 457 g/mol. The average Bonchev–Trinajstić information content (AvgIpc) is 3.10. The Balaban J connectivity index is 1.59. The van der Waals surface area contributed by atoms with Crippen LogP contribution in [0.2, 0.25) is 0 Å². The van der Waals surface area contributed by atoms with Crippen molar-refractivity contribution < 1.29 is 23.3 Å². The number of ether oxygens (including phenoxy) is 1. The number of amides is 2. The van der Waals surface area contributed by atoms with Gasteiger partial charge in [0.2, 0.25) is 5.91 Å². The molecule has 0 fully saturated rings. The fraction of sp³-hybridized carbons (Fsp3) is 0.375. The molecule has 4 rings (SSSR count). The number of benzene rings is 1. The van der Waals surface area contributed by atoms with Crippen LogP contribution in [0.5, 0.6) is 5.75 Å². The summed E-state index contributed by atoms with van der Waals surface area (Å²) < 4.78 is 24.8. The lowest BCUT2D eigenvalue weighted by Gasteiger charge is -2.21. The molecule has 3 aromatic rings. The molecule has 0 saturated carbocycles. The number of aryl methyl sites for hydroxylation is 1. The lowest BCUT2D eigenvalue weighted by atomic mass is 10.1. The van der Waals surface area contributed by atoms with E-state index in [1.807, 2.05) is 0 Å². The van der Waals surface area contributed by atoms with Crippen LogP contribution in [0.15, 0.2) is 39.8 Å². The van der Waals surface area contributed by atoms with Gasteiger partial charge in [0.05, 0.1) is 20.1 Å². The highest BCUT2D eigenvalue weighted by Gasteiger charge is 2.28. The third-order valence-corrected chi connectivity index (χ3v) is 6.13. The summed E-state index contributed by atoms with van der Waals surface area (Å²) in [5.74, 6) is -0.668. The molecule has 2 amide bonds. The molecule has 0 unspecified atom stereocenters. The summed E-state index contributed by atoms with van der Waals surface area (Å²) >= 11 is 0. The first-order valence-corrected chi connectivity index (χ1v) is 11.1. The van der Waals surface area contributed by atoms with Crippen molar-refractivity contribution in [2.45, 2.75) is 32.9 Å². The zero-order chi connectivity index (χ0) is 25.1. The van der Waals surface area contributed by atoms with Gasteiger partial charge in [0.1, 0.15) is 28.5 Å². The number of carbonyl (C=O) groups excluding carboxylic acids is 2. The molecule has 1 aromatic carbocycles. The normalized spacial score (nSPS) is 13.2. The summed E-state index contributed by atoms with van der Waals surface area (Å²) in [6, 6.07) is 7.08. The Kier molecular flexibility index (Phi) is 6.94. The Bertz CT molecular complexity index is 1300. The van der Waals surface area contributed by atoms with E-state index in [2.05, 4.69) is 10.3 Å². The predicted octanol–water partition coefficient (Wildman–Crippen LogP) is 1.59. The van der Waals surface area contributed by atoms with E-state index in [9.17, 15) is 18.8 Å². The second-order valence-electron chi connectivity index (χ2n) is 8.42. The fourth-order valence-corrected chi connectivity index (χ4v) is 4.16. The van der Waals surface area contributed by atoms with Gasteiger partial charge in [-0.05, 0) is 24.6 Å². The van der Waals surface area contributed by atoms with Crippen molar-refractivity contribution in [1.82, 2.24) is 24.7 Å². The van der Waals surface area contributed by atoms with Crippen molar-refractivity contribution in [1.29, 1.82) is 0 Å². The number of carbonyl (C=O) groups is 2. The smallest absolute Gasteiger partial charge is 0.259 e. The first kappa shape index (κ1) is 24.1. The first-order chi connectivity index (χ1) is 16.8. The molecule has 0 bridgehead atoms. The minimum absolute atomic E-state index is 0.120. The highest BCUT2D eigenvalue weighted by atomic mass is 19.1. The quantitative estimate of drug-likeness (QED) is 0.524. The number of methoxy groups -OCH3 is 1. The number of hydrogen-bond donors (Lipinski definition) is 0. The number of halogens is 1. The maximum absolute atomic E-state index is 13.5. The molecule has 1 aliphatic rings. The summed E-state index contributed by atoms with van der Waals surface area (Å²) in [5.41, 5.74) is 2.29. The topological polar surface area (TPSA) is 111 Å². The molecule has 3 heterocycles. The molecule has 11 heteroatoms. The number of fused-ring (bicyclic) bond motifs is 1. The summed E-state index contributed by atoms with van der Waals surface area (Å²) in [7, 11) is 3.02. The third-order valence-electron chi connectivity index (χ3n) is 6.13. The minimum atomic E-state index is -0.364. The number of hydrogen-bond acceptors (Lipinski definition) is 7. The molecule has 0 aliphatic carbocycles. The Labute approximate surface area is 200 Å². The van der Waals surface area contributed by atoms with Gasteiger partial charge < -0.3 is 19.1 Å². The third kappa shape index (κ3) is 5.08. The van der Waals surface area contributed by atoms with Gasteiger partial charge in [0, 0.05) is 44.9 Å². The van der Waals surface area contributed by atoms with Gasteiger partial charge in [0.15, 0.2) is 0 Å². The standard InChI is InChI=1S/C24H26FN5O5/c1-15-18(27-35-26-15)14-28(2)24(33)23-19-8-9-29(10-11-30(19)22(32)13-20(23)34-3)21(31)12-16-4-6-17(25)7-5-16/h4-7,13H,8-12,14H2,1-3H3. The van der Waals surface area contributed by atoms with Crippen LogP contribution in [0.3, 0.4) is 0 Å². The second kappa shape index (κ2) is 10.1. The van der Waals surface area contributed by atoms with Crippen molar-refractivity contribution in [2.24, 2.45) is 0 Å². The highest BCUT2D eigenvalue weighted by Crippen LogP contribution is 2.25. The van der Waals surface area contributed by atoms with E-state index >= 15 is 0 Å². The maximum Gasteiger partial charge on any atom is 0.259 e. The van der Waals surface area contributed by atoms with E-state index in [0.717, 1.165) is 0 Å². The van der Waals surface area contributed by atoms with Crippen LogP contribution in [-0.2, 0) is 30.7 Å². The van der Waals surface area contributed by atoms with Crippen molar-refractivity contribution in [2.75, 3.05) is 27.2 Å². The molecule has 0 N–H and O–H groups in total. The van der Waals surface area contributed by atoms with Gasteiger partial charge in [-0.25, -0.2) is 9.02 Å². The van der Waals surface area contributed by atoms with Crippen LogP contribution in [-0.4, -0.2) is 63.7 Å². The van der Waals surface area contributed by atoms with Crippen LogP contribution in [0, 0.1) is 12.7 Å². The number of rotatable bonds is 6. The van der Waals surface area contributed by atoms with Crippen molar-refractivity contribution in [3.8, 4) is 5.75 Å². The molecule has 0 radical (unpaired) electrons. The maximum atomic E-state index is 13.5. The van der Waals surface area contributed by atoms with E-state index in [-0.39, 0.29) is 54.0 Å².